The first-order valence-corrected chi connectivity index (χ1v) is 14.0. The van der Waals surface area contributed by atoms with Crippen LogP contribution in [0.25, 0.3) is 0 Å². The molecule has 5 rings (SSSR count). The molecule has 0 aromatic carbocycles. The van der Waals surface area contributed by atoms with Gasteiger partial charge in [0.15, 0.2) is 0 Å². The molecule has 7 atom stereocenters. The van der Waals surface area contributed by atoms with E-state index in [1.165, 1.54) is 32.7 Å². The summed E-state index contributed by atoms with van der Waals surface area (Å²) in [7, 11) is 0. The summed E-state index contributed by atoms with van der Waals surface area (Å²) in [5.41, 5.74) is 5.94. The summed E-state index contributed by atoms with van der Waals surface area (Å²) in [5, 5.41) is 37.4. The van der Waals surface area contributed by atoms with E-state index in [0.717, 1.165) is 12.8 Å². The summed E-state index contributed by atoms with van der Waals surface area (Å²) >= 11 is 1.38. The van der Waals surface area contributed by atoms with E-state index in [-0.39, 0.29) is 47.2 Å². The molecule has 4 aliphatic heterocycles. The van der Waals surface area contributed by atoms with Crippen LogP contribution in [0.3, 0.4) is 0 Å². The van der Waals surface area contributed by atoms with Gasteiger partial charge >= 0.3 is 5.97 Å². The molecule has 40 heavy (non-hydrogen) atoms. The predicted molar refractivity (Wildman–Crippen MR) is 141 cm³/mol. The van der Waals surface area contributed by atoms with E-state index in [4.69, 9.17) is 11.1 Å². The highest BCUT2D eigenvalue weighted by atomic mass is 32.2. The third-order valence-corrected chi connectivity index (χ3v) is 9.47. The maximum absolute atomic E-state index is 13.2. The van der Waals surface area contributed by atoms with Crippen molar-refractivity contribution >= 4 is 41.8 Å². The van der Waals surface area contributed by atoms with Crippen molar-refractivity contribution in [3.63, 3.8) is 0 Å². The van der Waals surface area contributed by atoms with Crippen LogP contribution in [0.4, 0.5) is 0 Å². The number of nitrogens with one attached hydrogen (secondary N) is 3. The van der Waals surface area contributed by atoms with Crippen LogP contribution in [-0.4, -0.2) is 119 Å². The smallest absolute Gasteiger partial charge is 0.353 e. The summed E-state index contributed by atoms with van der Waals surface area (Å²) in [6.07, 6.45) is 3.51. The molecule has 0 unspecified atom stereocenters. The molecule has 3 fully saturated rings. The molecule has 3 amide bonds. The molecule has 0 aliphatic carbocycles. The number of carboxylic acid groups (broad SMARTS) is 1. The van der Waals surface area contributed by atoms with Gasteiger partial charge in [0.1, 0.15) is 24.9 Å². The van der Waals surface area contributed by atoms with Crippen LogP contribution < -0.4 is 16.4 Å². The Labute approximate surface area is 234 Å². The summed E-state index contributed by atoms with van der Waals surface area (Å²) in [6, 6.07) is -1.49. The Hall–Kier alpha value is -3.41. The molecule has 0 bridgehead atoms. The Bertz CT molecular complexity index is 1230. The van der Waals surface area contributed by atoms with Crippen LogP contribution in [0.5, 0.6) is 0 Å². The van der Waals surface area contributed by atoms with Gasteiger partial charge < -0.3 is 26.4 Å². The number of hydrogen-bond donors (Lipinski definition) is 5. The molecule has 6 N–H and O–H groups in total. The van der Waals surface area contributed by atoms with Crippen molar-refractivity contribution < 1.29 is 24.3 Å². The predicted octanol–water partition coefficient (Wildman–Crippen LogP) is -2.20. The number of aromatic nitrogens is 4. The van der Waals surface area contributed by atoms with E-state index in [9.17, 15) is 24.3 Å². The van der Waals surface area contributed by atoms with Crippen molar-refractivity contribution in [2.24, 2.45) is 17.6 Å². The summed E-state index contributed by atoms with van der Waals surface area (Å²) in [6.45, 7) is 5.10. The SMILES string of the molecule is C[C@@H](NC(=O)Cn1cnnn1)[C@H]1C(=O)N2C(C(=O)O)=C(S[C@@H]3CN[C@H](C(=O)N(C=N)N4CC[C@@H](N)C4)C3)[C@H](C)[C@H]12. The Balaban J connectivity index is 1.23. The van der Waals surface area contributed by atoms with Gasteiger partial charge in [-0.3, -0.25) is 19.8 Å². The summed E-state index contributed by atoms with van der Waals surface area (Å²) < 4.78 is 1.27. The number of nitrogens with zero attached hydrogens (tertiary/aromatic N) is 7. The summed E-state index contributed by atoms with van der Waals surface area (Å²) in [5.74, 6) is -2.98. The molecular formula is C23H33N11O5S. The molecule has 0 radical (unpaired) electrons. The number of hydrazine groups is 1. The van der Waals surface area contributed by atoms with Gasteiger partial charge in [0, 0.05) is 47.8 Å². The van der Waals surface area contributed by atoms with Crippen LogP contribution in [0.2, 0.25) is 0 Å². The Morgan fingerprint density at radius 1 is 1.43 bits per heavy atom. The number of nitrogens with two attached hydrogens (primary N) is 1. The average molecular weight is 576 g/mol. The molecule has 3 saturated heterocycles. The van der Waals surface area contributed by atoms with Crippen molar-refractivity contribution in [1.82, 2.24) is 45.8 Å². The first kappa shape index (κ1) is 28.1. The average Bonchev–Trinajstić information content (AvgIpc) is 3.69. The van der Waals surface area contributed by atoms with Crippen LogP contribution in [0, 0.1) is 17.2 Å². The van der Waals surface area contributed by atoms with Gasteiger partial charge in [0.25, 0.3) is 5.91 Å². The lowest BCUT2D eigenvalue weighted by atomic mass is 9.78. The van der Waals surface area contributed by atoms with E-state index in [1.807, 2.05) is 6.92 Å². The monoisotopic (exact) mass is 575 g/mol. The molecule has 5 heterocycles. The third-order valence-electron chi connectivity index (χ3n) is 7.95. The molecule has 216 valence electrons. The van der Waals surface area contributed by atoms with Gasteiger partial charge in [0.05, 0.1) is 18.0 Å². The van der Waals surface area contributed by atoms with Crippen LogP contribution >= 0.6 is 11.8 Å². The van der Waals surface area contributed by atoms with Crippen molar-refractivity contribution in [3.05, 3.63) is 16.9 Å². The lowest BCUT2D eigenvalue weighted by molar-refractivity contribution is -0.158. The molecular weight excluding hydrogens is 542 g/mol. The minimum Gasteiger partial charge on any atom is -0.477 e. The van der Waals surface area contributed by atoms with E-state index in [1.54, 1.807) is 11.9 Å². The third kappa shape index (κ3) is 5.09. The van der Waals surface area contributed by atoms with Crippen molar-refractivity contribution in [2.45, 2.75) is 62.7 Å². The first-order valence-electron chi connectivity index (χ1n) is 13.2. The molecule has 1 aromatic rings. The Morgan fingerprint density at radius 2 is 2.20 bits per heavy atom. The van der Waals surface area contributed by atoms with Gasteiger partial charge in [-0.2, -0.15) is 0 Å². The van der Waals surface area contributed by atoms with Gasteiger partial charge in [-0.1, -0.05) is 6.92 Å². The number of thioether (sulfide) groups is 1. The largest absolute Gasteiger partial charge is 0.477 e. The molecule has 0 saturated carbocycles. The molecule has 0 spiro atoms. The maximum atomic E-state index is 13.2. The number of hydrogen-bond acceptors (Lipinski definition) is 12. The second-order valence-electron chi connectivity index (χ2n) is 10.6. The van der Waals surface area contributed by atoms with Gasteiger partial charge in [-0.15, -0.1) is 16.9 Å². The number of aliphatic carboxylic acids is 1. The fourth-order valence-corrected chi connectivity index (χ4v) is 7.53. The zero-order valence-electron chi connectivity index (χ0n) is 22.1. The first-order chi connectivity index (χ1) is 19.1. The van der Waals surface area contributed by atoms with E-state index >= 15 is 0 Å². The van der Waals surface area contributed by atoms with Crippen molar-refractivity contribution in [1.29, 1.82) is 5.41 Å². The maximum Gasteiger partial charge on any atom is 0.353 e. The number of tetrazole rings is 1. The zero-order chi connectivity index (χ0) is 28.7. The van der Waals surface area contributed by atoms with Crippen molar-refractivity contribution in [3.8, 4) is 0 Å². The summed E-state index contributed by atoms with van der Waals surface area (Å²) in [4.78, 5) is 53.0. The number of carbonyl (C=O) groups is 4. The fourth-order valence-electron chi connectivity index (χ4n) is 6.05. The van der Waals surface area contributed by atoms with Gasteiger partial charge in [-0.05, 0) is 30.2 Å². The Morgan fingerprint density at radius 3 is 2.83 bits per heavy atom. The number of amides is 3. The molecule has 16 nitrogen and oxygen atoms in total. The Kier molecular flexibility index (Phi) is 7.89. The second-order valence-corrected chi connectivity index (χ2v) is 11.9. The highest BCUT2D eigenvalue weighted by molar-refractivity contribution is 8.03. The molecule has 17 heteroatoms. The van der Waals surface area contributed by atoms with Gasteiger partial charge in [-0.25, -0.2) is 19.5 Å². The highest BCUT2D eigenvalue weighted by Crippen LogP contribution is 2.51. The number of fused-ring (bicyclic) bond motifs is 1. The number of β-lactam (4-membered cyclic amide) rings is 1. The van der Waals surface area contributed by atoms with E-state index in [2.05, 4.69) is 26.2 Å². The molecule has 4 aliphatic rings. The normalized spacial score (nSPS) is 30.7. The number of carboxylic acids is 1. The highest BCUT2D eigenvalue weighted by Gasteiger charge is 2.60. The van der Waals surface area contributed by atoms with E-state index < -0.39 is 30.0 Å². The molecule has 1 aromatic heterocycles. The zero-order valence-corrected chi connectivity index (χ0v) is 23.0. The van der Waals surface area contributed by atoms with E-state index in [0.29, 0.717) is 31.0 Å². The van der Waals surface area contributed by atoms with Gasteiger partial charge in [0.2, 0.25) is 11.8 Å². The fraction of sp³-hybridized carbons (Fsp3) is 0.652. The number of rotatable bonds is 10. The topological polar surface area (TPSA) is 216 Å². The lowest BCUT2D eigenvalue weighted by Gasteiger charge is -2.47. The minimum absolute atomic E-state index is 0.0297. The second kappa shape index (κ2) is 11.2. The minimum atomic E-state index is -1.18. The quantitative estimate of drug-likeness (QED) is 0.114. The van der Waals surface area contributed by atoms with Crippen LogP contribution in [0.1, 0.15) is 26.7 Å². The standard InChI is InChI=1S/C23H33N11O5S/c1-11-18-17(12(2)28-16(35)8-31-10-27-29-30-31)22(37)34(18)19(23(38)39)20(11)40-14-5-15(26-6-14)21(36)33(9-24)32-4-3-13(25)7-32/h9-15,17-18,24,26H,3-8,25H2,1-2H3,(H,28,35)(H,38,39)/t11-,12-,13-,14+,15+,17-,18-/m1/s1. The number of carbonyl (C=O) groups excluding carboxylic acids is 3. The lowest BCUT2D eigenvalue weighted by Crippen LogP contribution is -2.66. The van der Waals surface area contributed by atoms with Crippen LogP contribution in [0.15, 0.2) is 16.9 Å². The van der Waals surface area contributed by atoms with Crippen molar-refractivity contribution in [2.75, 3.05) is 19.6 Å². The van der Waals surface area contributed by atoms with Crippen LogP contribution in [-0.2, 0) is 25.7 Å².